The molecule has 0 saturated carbocycles. The molecule has 282 valence electrons. The van der Waals surface area contributed by atoms with E-state index in [0.717, 1.165) is 38.8 Å². The van der Waals surface area contributed by atoms with Gasteiger partial charge in [0.05, 0.1) is 32.6 Å². The smallest absolute Gasteiger partial charge is 0.287 e. The van der Waals surface area contributed by atoms with Gasteiger partial charge in [0.1, 0.15) is 10.0 Å². The van der Waals surface area contributed by atoms with E-state index < -0.39 is 9.85 Å². The number of hydrogen-bond donors (Lipinski definition) is 2. The van der Waals surface area contributed by atoms with Crippen LogP contribution in [0.5, 0.6) is 0 Å². The number of nitro groups is 2. The Bertz CT molecular complexity index is 3150. The van der Waals surface area contributed by atoms with Crippen LogP contribution in [0.25, 0.3) is 90.9 Å². The molecule has 0 spiro atoms. The fourth-order valence-corrected chi connectivity index (χ4v) is 8.21. The van der Waals surface area contributed by atoms with Crippen LogP contribution in [0.15, 0.2) is 109 Å². The molecule has 0 atom stereocenters. The van der Waals surface area contributed by atoms with Crippen LogP contribution >= 0.6 is 46.4 Å². The molecule has 4 aromatic carbocycles. The summed E-state index contributed by atoms with van der Waals surface area (Å²) in [5, 5.41) is 24.5. The summed E-state index contributed by atoms with van der Waals surface area (Å²) in [4.78, 5) is 40.0. The molecule has 0 saturated heterocycles. The van der Waals surface area contributed by atoms with Crippen molar-refractivity contribution in [3.05, 3.63) is 172 Å². The fraction of sp³-hybridized carbons (Fsp3) is 0. The lowest BCUT2D eigenvalue weighted by Crippen LogP contribution is -1.93. The zero-order chi connectivity index (χ0) is 40.2. The Labute approximate surface area is 349 Å². The number of rotatable bonds is 6. The number of fused-ring (bicyclic) bond motifs is 8. The Morgan fingerprint density at radius 3 is 1.19 bits per heavy atom. The molecule has 9 rings (SSSR count). The van der Waals surface area contributed by atoms with Crippen molar-refractivity contribution in [1.82, 2.24) is 19.9 Å². The van der Waals surface area contributed by atoms with Gasteiger partial charge in [0, 0.05) is 66.5 Å². The lowest BCUT2D eigenvalue weighted by Gasteiger charge is -2.08. The number of H-pyrrole nitrogens is 2. The highest BCUT2D eigenvalue weighted by atomic mass is 35.5. The second-order valence-corrected chi connectivity index (χ2v) is 15.1. The highest BCUT2D eigenvalue weighted by molar-refractivity contribution is 6.33. The summed E-state index contributed by atoms with van der Waals surface area (Å²) >= 11 is 26.2. The van der Waals surface area contributed by atoms with Crippen LogP contribution < -0.4 is 0 Å². The van der Waals surface area contributed by atoms with E-state index in [-0.39, 0.29) is 21.4 Å². The largest absolute Gasteiger partial charge is 0.354 e. The maximum atomic E-state index is 11.8. The first-order valence-electron chi connectivity index (χ1n) is 17.6. The molecule has 2 N–H and O–H groups in total. The normalized spacial score (nSPS) is 11.9. The number of halogens is 4. The van der Waals surface area contributed by atoms with Crippen molar-refractivity contribution in [2.45, 2.75) is 0 Å². The predicted molar refractivity (Wildman–Crippen MR) is 234 cm³/mol. The zero-order valence-corrected chi connectivity index (χ0v) is 32.7. The Kier molecular flexibility index (Phi) is 9.42. The maximum Gasteiger partial charge on any atom is 0.287 e. The first kappa shape index (κ1) is 37.0. The van der Waals surface area contributed by atoms with Crippen molar-refractivity contribution < 1.29 is 9.85 Å². The van der Waals surface area contributed by atoms with E-state index in [9.17, 15) is 20.2 Å². The molecular formula is C44H24Cl4N6O4. The monoisotopic (exact) mass is 840 g/mol. The molecule has 8 bridgehead atoms. The Balaban J connectivity index is 1.47. The van der Waals surface area contributed by atoms with Crippen molar-refractivity contribution in [3.63, 3.8) is 0 Å². The second-order valence-electron chi connectivity index (χ2n) is 13.4. The number of aromatic amines is 2. The average molecular weight is 843 g/mol. The summed E-state index contributed by atoms with van der Waals surface area (Å²) in [6.07, 6.45) is 7.42. The Morgan fingerprint density at radius 1 is 0.431 bits per heavy atom. The Morgan fingerprint density at radius 2 is 0.793 bits per heavy atom. The summed E-state index contributed by atoms with van der Waals surface area (Å²) in [5.41, 5.74) is 10.1. The van der Waals surface area contributed by atoms with Gasteiger partial charge in [-0.2, -0.15) is 0 Å². The zero-order valence-electron chi connectivity index (χ0n) is 29.6. The molecule has 58 heavy (non-hydrogen) atoms. The lowest BCUT2D eigenvalue weighted by molar-refractivity contribution is -0.384. The molecule has 7 aromatic rings. The lowest BCUT2D eigenvalue weighted by atomic mass is 10.0. The van der Waals surface area contributed by atoms with E-state index >= 15 is 0 Å². The molecule has 0 fully saturated rings. The van der Waals surface area contributed by atoms with Crippen LogP contribution in [0, 0.1) is 20.2 Å². The summed E-state index contributed by atoms with van der Waals surface area (Å²) in [6, 6.07) is 31.9. The van der Waals surface area contributed by atoms with Crippen molar-refractivity contribution in [2.24, 2.45) is 0 Å². The van der Waals surface area contributed by atoms with Gasteiger partial charge in [0.2, 0.25) is 0 Å². The molecule has 2 aliphatic heterocycles. The van der Waals surface area contributed by atoms with Gasteiger partial charge in [-0.25, -0.2) is 9.97 Å². The first-order valence-corrected chi connectivity index (χ1v) is 19.1. The van der Waals surface area contributed by atoms with Crippen molar-refractivity contribution in [2.75, 3.05) is 0 Å². The van der Waals surface area contributed by atoms with Gasteiger partial charge in [-0.3, -0.25) is 20.2 Å². The van der Waals surface area contributed by atoms with Gasteiger partial charge in [0.15, 0.2) is 0 Å². The standard InChI is InChI=1S/C44H24Cl4N6O4/c45-27-5-1-3-23(19-27)41-31-9-10-32(49-31)42(24-4-2-6-28(46)20-24)34-12-14-36(51-34)44(26-8-18-40(54(57)58)30(48)22-26)38-16-15-37(52-38)43(35-13-11-33(41)50-35)25-7-17-39(53(55)56)29(47)21-25/h1-22,49-50H. The van der Waals surface area contributed by atoms with Gasteiger partial charge in [-0.05, 0) is 119 Å². The van der Waals surface area contributed by atoms with Crippen LogP contribution in [0.3, 0.4) is 0 Å². The number of nitrogens with zero attached hydrogens (tertiary/aromatic N) is 4. The summed E-state index contributed by atoms with van der Waals surface area (Å²) in [6.45, 7) is 0. The molecule has 0 aliphatic carbocycles. The third kappa shape index (κ3) is 6.71. The van der Waals surface area contributed by atoms with Gasteiger partial charge in [-0.15, -0.1) is 0 Å². The van der Waals surface area contributed by atoms with Gasteiger partial charge < -0.3 is 9.97 Å². The molecule has 0 radical (unpaired) electrons. The second kappa shape index (κ2) is 14.7. The number of aromatic nitrogens is 4. The molecule has 10 nitrogen and oxygen atoms in total. The molecular weight excluding hydrogens is 818 g/mol. The van der Waals surface area contributed by atoms with Crippen LogP contribution in [0.4, 0.5) is 11.4 Å². The van der Waals surface area contributed by atoms with Crippen LogP contribution in [0.2, 0.25) is 20.1 Å². The highest BCUT2D eigenvalue weighted by Gasteiger charge is 2.22. The number of nitro benzene ring substituents is 2. The summed E-state index contributed by atoms with van der Waals surface area (Å²) in [7, 11) is 0. The highest BCUT2D eigenvalue weighted by Crippen LogP contribution is 2.41. The van der Waals surface area contributed by atoms with Crippen LogP contribution in [-0.2, 0) is 0 Å². The SMILES string of the molecule is O=[N+]([O-])c1ccc(-c2c3nc(c(-c4cccc(Cl)c4)c4ccc([nH]4)c(-c4cccc(Cl)c4)c4ccc([nH]4)c(-c4ccc([N+](=O)[O-])c(Cl)c4)c4nc2C=C4)C=C3)cc1Cl. The number of hydrogen-bond acceptors (Lipinski definition) is 6. The van der Waals surface area contributed by atoms with Crippen molar-refractivity contribution in [1.29, 1.82) is 0 Å². The van der Waals surface area contributed by atoms with Crippen molar-refractivity contribution in [3.8, 4) is 44.5 Å². The van der Waals surface area contributed by atoms with Crippen molar-refractivity contribution >= 4 is 104 Å². The maximum absolute atomic E-state index is 11.8. The van der Waals surface area contributed by atoms with E-state index in [4.69, 9.17) is 56.4 Å². The minimum absolute atomic E-state index is 0.0427. The van der Waals surface area contributed by atoms with E-state index in [1.165, 1.54) is 18.2 Å². The molecule has 2 aliphatic rings. The van der Waals surface area contributed by atoms with E-state index in [1.54, 1.807) is 24.3 Å². The van der Waals surface area contributed by atoms with Crippen LogP contribution in [0.1, 0.15) is 22.8 Å². The van der Waals surface area contributed by atoms with Gasteiger partial charge in [-0.1, -0.05) is 70.7 Å². The Hall–Kier alpha value is -6.56. The average Bonchev–Trinajstić information content (AvgIpc) is 4.03. The molecule has 0 unspecified atom stereocenters. The molecule has 14 heteroatoms. The first-order chi connectivity index (χ1) is 28.0. The third-order valence-corrected chi connectivity index (χ3v) is 10.9. The summed E-state index contributed by atoms with van der Waals surface area (Å²) < 4.78 is 0. The fourth-order valence-electron chi connectivity index (χ4n) is 7.33. The predicted octanol–water partition coefficient (Wildman–Crippen LogP) is 13.8. The number of nitrogens with one attached hydrogen (secondary N) is 2. The molecule has 3 aromatic heterocycles. The van der Waals surface area contributed by atoms with E-state index in [0.29, 0.717) is 60.6 Å². The topological polar surface area (TPSA) is 144 Å². The van der Waals surface area contributed by atoms with Crippen LogP contribution in [-0.4, -0.2) is 29.8 Å². The van der Waals surface area contributed by atoms with E-state index in [1.807, 2.05) is 91.0 Å². The third-order valence-electron chi connectivity index (χ3n) is 9.85. The summed E-state index contributed by atoms with van der Waals surface area (Å²) in [5.74, 6) is 0. The van der Waals surface area contributed by atoms with Gasteiger partial charge in [0.25, 0.3) is 11.4 Å². The molecule has 0 amide bonds. The number of benzene rings is 4. The van der Waals surface area contributed by atoms with Gasteiger partial charge >= 0.3 is 0 Å². The molecule has 5 heterocycles. The minimum atomic E-state index is -0.541. The minimum Gasteiger partial charge on any atom is -0.354 e. The quantitative estimate of drug-likeness (QED) is 0.126. The van der Waals surface area contributed by atoms with E-state index in [2.05, 4.69) is 9.97 Å².